The van der Waals surface area contributed by atoms with Crippen LogP contribution in [0, 0.1) is 5.82 Å². The Morgan fingerprint density at radius 2 is 2.27 bits per heavy atom. The lowest BCUT2D eigenvalue weighted by molar-refractivity contribution is -0.365. The van der Waals surface area contributed by atoms with E-state index in [0.29, 0.717) is 23.8 Å². The molecule has 0 radical (unpaired) electrons. The van der Waals surface area contributed by atoms with Gasteiger partial charge in [0.25, 0.3) is 5.91 Å². The number of rotatable bonds is 5. The minimum absolute atomic E-state index is 0.273. The predicted molar refractivity (Wildman–Crippen MR) is 77.5 cm³/mol. The van der Waals surface area contributed by atoms with E-state index >= 15 is 0 Å². The van der Waals surface area contributed by atoms with Crippen LogP contribution in [0.15, 0.2) is 30.7 Å². The summed E-state index contributed by atoms with van der Waals surface area (Å²) < 4.78 is 14.0. The zero-order chi connectivity index (χ0) is 15.6. The van der Waals surface area contributed by atoms with Gasteiger partial charge in [0.15, 0.2) is 0 Å². The van der Waals surface area contributed by atoms with Gasteiger partial charge in [-0.05, 0) is 25.0 Å². The van der Waals surface area contributed by atoms with E-state index in [2.05, 4.69) is 20.3 Å². The average Bonchev–Trinajstić information content (AvgIpc) is 2.48. The third kappa shape index (κ3) is 2.61. The highest BCUT2D eigenvalue weighted by Crippen LogP contribution is 2.43. The molecule has 1 aliphatic carbocycles. The summed E-state index contributed by atoms with van der Waals surface area (Å²) in [7, 11) is 0. The molecule has 22 heavy (non-hydrogen) atoms. The third-order valence-electron chi connectivity index (χ3n) is 4.15. The van der Waals surface area contributed by atoms with Gasteiger partial charge in [-0.3, -0.25) is 15.1 Å². The quantitative estimate of drug-likeness (QED) is 0.863. The summed E-state index contributed by atoms with van der Waals surface area (Å²) in [6.07, 6.45) is 7.32. The molecule has 2 aromatic heterocycles. The van der Waals surface area contributed by atoms with Gasteiger partial charge >= 0.3 is 5.95 Å². The summed E-state index contributed by atoms with van der Waals surface area (Å²) >= 11 is 0. The van der Waals surface area contributed by atoms with Crippen LogP contribution >= 0.6 is 0 Å². The minimum Gasteiger partial charge on any atom is -0.365 e. The van der Waals surface area contributed by atoms with E-state index in [9.17, 15) is 9.18 Å². The first-order chi connectivity index (χ1) is 10.6. The van der Waals surface area contributed by atoms with Crippen molar-refractivity contribution in [1.29, 1.82) is 0 Å². The first-order valence-electron chi connectivity index (χ1n) is 7.13. The topological polar surface area (TPSA) is 95.0 Å². The van der Waals surface area contributed by atoms with Crippen molar-refractivity contribution in [3.63, 3.8) is 0 Å². The van der Waals surface area contributed by atoms with Crippen molar-refractivity contribution in [2.75, 3.05) is 11.9 Å². The molecule has 7 heteroatoms. The van der Waals surface area contributed by atoms with Crippen LogP contribution in [0.1, 0.15) is 35.3 Å². The van der Waals surface area contributed by atoms with E-state index in [0.717, 1.165) is 19.3 Å². The van der Waals surface area contributed by atoms with E-state index in [-0.39, 0.29) is 11.2 Å². The average molecular weight is 302 g/mol. The van der Waals surface area contributed by atoms with E-state index in [1.165, 1.54) is 18.5 Å². The molecule has 0 spiro atoms. The lowest BCUT2D eigenvalue weighted by Gasteiger charge is -2.40. The Kier molecular flexibility index (Phi) is 3.70. The number of amides is 1. The van der Waals surface area contributed by atoms with Gasteiger partial charge in [0.05, 0.1) is 18.4 Å². The van der Waals surface area contributed by atoms with Crippen LogP contribution in [0.2, 0.25) is 0 Å². The smallest absolute Gasteiger partial charge is 0.365 e. The van der Waals surface area contributed by atoms with Gasteiger partial charge in [-0.1, -0.05) is 11.4 Å². The summed E-state index contributed by atoms with van der Waals surface area (Å²) in [6.45, 7) is 0.528. The molecule has 0 saturated heterocycles. The van der Waals surface area contributed by atoms with Gasteiger partial charge in [0, 0.05) is 11.6 Å². The summed E-state index contributed by atoms with van der Waals surface area (Å²) in [5.41, 5.74) is 5.67. The van der Waals surface area contributed by atoms with Gasteiger partial charge < -0.3 is 5.73 Å². The number of pyridine rings is 1. The highest BCUT2D eigenvalue weighted by Gasteiger charge is 2.43. The fraction of sp³-hybridized carbons (Fsp3) is 0.333. The number of nitrogens with one attached hydrogen (secondary N) is 2. The molecule has 1 aliphatic rings. The Bertz CT molecular complexity index is 685. The van der Waals surface area contributed by atoms with E-state index in [4.69, 9.17) is 5.73 Å². The first kappa shape index (κ1) is 14.4. The van der Waals surface area contributed by atoms with Crippen LogP contribution < -0.4 is 16.0 Å². The van der Waals surface area contributed by atoms with Crippen LogP contribution in [-0.4, -0.2) is 22.4 Å². The number of carbonyl (C=O) groups excluding carboxylic acids is 1. The van der Waals surface area contributed by atoms with E-state index in [1.54, 1.807) is 12.3 Å². The van der Waals surface area contributed by atoms with Crippen LogP contribution in [0.4, 0.5) is 10.3 Å². The second kappa shape index (κ2) is 5.67. The number of aromatic nitrogens is 3. The molecule has 0 aliphatic heterocycles. The number of carbonyl (C=O) groups is 1. The fourth-order valence-electron chi connectivity index (χ4n) is 2.72. The number of H-pyrrole nitrogens is 1. The molecule has 0 atom stereocenters. The maximum absolute atomic E-state index is 14.0. The van der Waals surface area contributed by atoms with Crippen LogP contribution in [0.3, 0.4) is 0 Å². The molecular weight excluding hydrogens is 285 g/mol. The van der Waals surface area contributed by atoms with Crippen molar-refractivity contribution in [2.24, 2.45) is 5.73 Å². The molecule has 6 nitrogen and oxygen atoms in total. The lowest BCUT2D eigenvalue weighted by Crippen LogP contribution is -2.43. The number of hydrogen-bond acceptors (Lipinski definition) is 4. The summed E-state index contributed by atoms with van der Waals surface area (Å²) in [4.78, 5) is 22.2. The number of anilines is 1. The van der Waals surface area contributed by atoms with Gasteiger partial charge in [-0.25, -0.2) is 9.37 Å². The van der Waals surface area contributed by atoms with Gasteiger partial charge in [-0.2, -0.15) is 0 Å². The highest BCUT2D eigenvalue weighted by molar-refractivity contribution is 5.91. The molecule has 2 heterocycles. The molecule has 114 valence electrons. The molecule has 0 aromatic carbocycles. The minimum atomic E-state index is -0.540. The largest absolute Gasteiger partial charge is 0.389 e. The Labute approximate surface area is 127 Å². The zero-order valence-electron chi connectivity index (χ0n) is 12.0. The van der Waals surface area contributed by atoms with Crippen molar-refractivity contribution in [2.45, 2.75) is 24.7 Å². The number of nitrogens with two attached hydrogens (primary N) is 1. The SMILES string of the molecule is NC(=O)c1cnc(NCC2(c3ncccc3F)CCC2)[nH+]c1. The van der Waals surface area contributed by atoms with Crippen molar-refractivity contribution in [1.82, 2.24) is 9.97 Å². The standard InChI is InChI=1S/C15H16FN5O/c16-11-3-1-6-18-12(11)15(4-2-5-15)9-21-14-19-7-10(8-20-14)13(17)22/h1,3,6-8H,2,4-5,9H2,(H2,17,22)(H,19,20,21)/p+1. The van der Waals surface area contributed by atoms with Crippen molar-refractivity contribution in [3.8, 4) is 0 Å². The Balaban J connectivity index is 1.74. The van der Waals surface area contributed by atoms with E-state index < -0.39 is 5.91 Å². The zero-order valence-corrected chi connectivity index (χ0v) is 12.0. The maximum Gasteiger partial charge on any atom is 0.389 e. The summed E-state index contributed by atoms with van der Waals surface area (Å²) in [5, 5.41) is 3.15. The highest BCUT2D eigenvalue weighted by atomic mass is 19.1. The number of aromatic amines is 1. The van der Waals surface area contributed by atoms with Gasteiger partial charge in [0.2, 0.25) is 0 Å². The van der Waals surface area contributed by atoms with Crippen molar-refractivity contribution in [3.05, 3.63) is 47.8 Å². The Hall–Kier alpha value is -2.57. The molecule has 1 saturated carbocycles. The number of hydrogen-bond donors (Lipinski definition) is 2. The number of halogens is 1. The van der Waals surface area contributed by atoms with Crippen LogP contribution in [-0.2, 0) is 5.41 Å². The molecule has 2 aromatic rings. The fourth-order valence-corrected chi connectivity index (χ4v) is 2.72. The van der Waals surface area contributed by atoms with Crippen molar-refractivity contribution >= 4 is 11.9 Å². The monoisotopic (exact) mass is 302 g/mol. The molecule has 1 fully saturated rings. The molecule has 0 unspecified atom stereocenters. The van der Waals surface area contributed by atoms with Crippen LogP contribution in [0.25, 0.3) is 0 Å². The number of nitrogens with zero attached hydrogens (tertiary/aromatic N) is 2. The predicted octanol–water partition coefficient (Wildman–Crippen LogP) is 1.06. The van der Waals surface area contributed by atoms with Crippen molar-refractivity contribution < 1.29 is 14.2 Å². The lowest BCUT2D eigenvalue weighted by atomic mass is 9.66. The van der Waals surface area contributed by atoms with Gasteiger partial charge in [0.1, 0.15) is 17.6 Å². The second-order valence-electron chi connectivity index (χ2n) is 5.54. The Morgan fingerprint density at radius 1 is 1.45 bits per heavy atom. The summed E-state index contributed by atoms with van der Waals surface area (Å²) in [6, 6.07) is 3.03. The first-order valence-corrected chi connectivity index (χ1v) is 7.13. The molecule has 1 amide bonds. The molecule has 3 rings (SSSR count). The summed E-state index contributed by atoms with van der Waals surface area (Å²) in [5.74, 6) is -0.307. The molecule has 4 N–H and O–H groups in total. The van der Waals surface area contributed by atoms with Crippen LogP contribution in [0.5, 0.6) is 0 Å². The molecule has 0 bridgehead atoms. The third-order valence-corrected chi connectivity index (χ3v) is 4.15. The van der Waals surface area contributed by atoms with E-state index in [1.807, 2.05) is 0 Å². The number of primary amides is 1. The Morgan fingerprint density at radius 3 is 2.82 bits per heavy atom. The van der Waals surface area contributed by atoms with Gasteiger partial charge in [-0.15, -0.1) is 0 Å². The maximum atomic E-state index is 14.0. The molecular formula is C15H17FN5O+. The normalized spacial score (nSPS) is 15.9. The second-order valence-corrected chi connectivity index (χ2v) is 5.54.